The monoisotopic (exact) mass is 1480 g/mol. The van der Waals surface area contributed by atoms with Crippen LogP contribution in [0.4, 0.5) is 0 Å². The van der Waals surface area contributed by atoms with Gasteiger partial charge in [-0.05, 0) is 37.5 Å². The van der Waals surface area contributed by atoms with Crippen LogP contribution in [0.2, 0.25) is 0 Å². The third kappa shape index (κ3) is 76.1. The summed E-state index contributed by atoms with van der Waals surface area (Å²) in [6, 6.07) is 0. The second-order valence-electron chi connectivity index (χ2n) is 30.5. The van der Waals surface area contributed by atoms with Gasteiger partial charge in [0, 0.05) is 25.7 Å². The van der Waals surface area contributed by atoms with Crippen molar-refractivity contribution in [1.29, 1.82) is 0 Å². The Hall–Kier alpha value is -1.94. The van der Waals surface area contributed by atoms with Crippen LogP contribution >= 0.6 is 15.6 Å². The fourth-order valence-electron chi connectivity index (χ4n) is 12.7. The second kappa shape index (κ2) is 73.6. The molecule has 0 saturated carbocycles. The van der Waals surface area contributed by atoms with E-state index in [1.165, 1.54) is 244 Å². The number of carbonyl (C=O) groups excluding carboxylic acids is 4. The average Bonchev–Trinajstić information content (AvgIpc) is 0.925. The summed E-state index contributed by atoms with van der Waals surface area (Å²) in [7, 11) is -9.92. The maximum atomic E-state index is 13.1. The molecule has 19 heteroatoms. The first-order valence-corrected chi connectivity index (χ1v) is 45.5. The van der Waals surface area contributed by atoms with Crippen LogP contribution in [-0.2, 0) is 65.4 Å². The molecule has 0 aromatic carbocycles. The summed E-state index contributed by atoms with van der Waals surface area (Å²) in [6.45, 7) is 9.64. The highest BCUT2D eigenvalue weighted by atomic mass is 31.2. The highest BCUT2D eigenvalue weighted by molar-refractivity contribution is 7.47. The number of rotatable bonds is 81. The van der Waals surface area contributed by atoms with Gasteiger partial charge in [0.1, 0.15) is 19.3 Å². The topological polar surface area (TPSA) is 237 Å². The summed E-state index contributed by atoms with van der Waals surface area (Å²) in [6.07, 6.45) is 64.0. The third-order valence-electron chi connectivity index (χ3n) is 19.2. The molecule has 0 amide bonds. The Kier molecular flexibility index (Phi) is 72.2. The number of hydrogen-bond donors (Lipinski definition) is 3. The lowest BCUT2D eigenvalue weighted by Gasteiger charge is -2.21. The molecule has 0 aliphatic carbocycles. The van der Waals surface area contributed by atoms with Gasteiger partial charge in [-0.15, -0.1) is 0 Å². The quantitative estimate of drug-likeness (QED) is 0.0222. The molecule has 0 fully saturated rings. The Morgan fingerprint density at radius 2 is 0.455 bits per heavy atom. The molecule has 0 spiro atoms. The Morgan fingerprint density at radius 1 is 0.267 bits per heavy atom. The molecular formula is C82H160O17P2. The molecule has 3 N–H and O–H groups in total. The lowest BCUT2D eigenvalue weighted by Crippen LogP contribution is -2.30. The summed E-state index contributed by atoms with van der Waals surface area (Å²) < 4.78 is 68.7. The molecule has 0 aromatic rings. The van der Waals surface area contributed by atoms with Crippen molar-refractivity contribution in [2.24, 2.45) is 11.8 Å². The van der Waals surface area contributed by atoms with Gasteiger partial charge in [-0.2, -0.15) is 0 Å². The van der Waals surface area contributed by atoms with Gasteiger partial charge < -0.3 is 33.8 Å². The van der Waals surface area contributed by atoms with E-state index in [2.05, 4.69) is 41.5 Å². The van der Waals surface area contributed by atoms with Gasteiger partial charge >= 0.3 is 39.5 Å². The molecule has 101 heavy (non-hydrogen) atoms. The van der Waals surface area contributed by atoms with Gasteiger partial charge in [-0.3, -0.25) is 37.3 Å². The SMILES string of the molecule is CCCCCCCCCCCCCCCCCCCCCC(=O)OC[C@H](COP(=O)(O)OC[C@@H](O)COP(=O)(O)OC[C@@H](COC(=O)CCCCCCCCCC)OC(=O)CCCCCCCCCCCCC(C)C)OC(=O)CCCCCCCCCCCCCCCCCCCCC(C)C. The van der Waals surface area contributed by atoms with Gasteiger partial charge in [-0.1, -0.05) is 382 Å². The molecule has 0 radical (unpaired) electrons. The van der Waals surface area contributed by atoms with Crippen molar-refractivity contribution >= 4 is 39.5 Å². The van der Waals surface area contributed by atoms with Crippen molar-refractivity contribution < 1.29 is 80.2 Å². The summed E-state index contributed by atoms with van der Waals surface area (Å²) in [4.78, 5) is 72.9. The number of phosphoric acid groups is 2. The van der Waals surface area contributed by atoms with Gasteiger partial charge in [0.15, 0.2) is 12.2 Å². The normalized spacial score (nSPS) is 13.9. The number of hydrogen-bond acceptors (Lipinski definition) is 15. The number of ether oxygens (including phenoxy) is 4. The Labute approximate surface area is 619 Å². The molecule has 0 saturated heterocycles. The van der Waals surface area contributed by atoms with Gasteiger partial charge in [0.05, 0.1) is 26.4 Å². The molecule has 17 nitrogen and oxygen atoms in total. The highest BCUT2D eigenvalue weighted by Gasteiger charge is 2.30. The maximum Gasteiger partial charge on any atom is 0.472 e. The van der Waals surface area contributed by atoms with Crippen molar-refractivity contribution in [2.75, 3.05) is 39.6 Å². The van der Waals surface area contributed by atoms with Crippen LogP contribution in [0.25, 0.3) is 0 Å². The number of unbranched alkanes of at least 4 members (excludes halogenated alkanes) is 51. The lowest BCUT2D eigenvalue weighted by atomic mass is 10.0. The van der Waals surface area contributed by atoms with Crippen LogP contribution in [0.15, 0.2) is 0 Å². The minimum absolute atomic E-state index is 0.106. The van der Waals surface area contributed by atoms with E-state index < -0.39 is 97.5 Å². The van der Waals surface area contributed by atoms with Crippen molar-refractivity contribution in [3.05, 3.63) is 0 Å². The van der Waals surface area contributed by atoms with E-state index >= 15 is 0 Å². The molecule has 0 aliphatic rings. The fraction of sp³-hybridized carbons (Fsp3) is 0.951. The minimum atomic E-state index is -4.96. The molecule has 0 rings (SSSR count). The minimum Gasteiger partial charge on any atom is -0.462 e. The van der Waals surface area contributed by atoms with Crippen LogP contribution in [-0.4, -0.2) is 96.7 Å². The maximum absolute atomic E-state index is 13.1. The zero-order chi connectivity index (χ0) is 74.2. The van der Waals surface area contributed by atoms with E-state index in [0.29, 0.717) is 25.7 Å². The van der Waals surface area contributed by atoms with Gasteiger partial charge in [0.2, 0.25) is 0 Å². The predicted molar refractivity (Wildman–Crippen MR) is 414 cm³/mol. The Balaban J connectivity index is 5.18. The Bertz CT molecular complexity index is 1940. The van der Waals surface area contributed by atoms with Crippen LogP contribution in [0.5, 0.6) is 0 Å². The molecule has 0 aromatic heterocycles. The Morgan fingerprint density at radius 3 is 0.673 bits per heavy atom. The van der Waals surface area contributed by atoms with E-state index in [0.717, 1.165) is 108 Å². The molecule has 0 aliphatic heterocycles. The molecule has 5 atom stereocenters. The number of aliphatic hydroxyl groups is 1. The number of esters is 4. The number of carbonyl (C=O) groups is 4. The largest absolute Gasteiger partial charge is 0.472 e. The third-order valence-corrected chi connectivity index (χ3v) is 21.1. The summed E-state index contributed by atoms with van der Waals surface area (Å²) >= 11 is 0. The first-order chi connectivity index (χ1) is 48.9. The summed E-state index contributed by atoms with van der Waals surface area (Å²) in [5, 5.41) is 10.6. The molecule has 2 unspecified atom stereocenters. The predicted octanol–water partition coefficient (Wildman–Crippen LogP) is 24.7. The highest BCUT2D eigenvalue weighted by Crippen LogP contribution is 2.45. The van der Waals surface area contributed by atoms with E-state index in [1.807, 2.05) is 0 Å². The zero-order valence-electron chi connectivity index (χ0n) is 66.2. The van der Waals surface area contributed by atoms with E-state index in [-0.39, 0.29) is 25.7 Å². The van der Waals surface area contributed by atoms with Crippen molar-refractivity contribution in [1.82, 2.24) is 0 Å². The van der Waals surface area contributed by atoms with E-state index in [9.17, 15) is 43.2 Å². The zero-order valence-corrected chi connectivity index (χ0v) is 68.0. The van der Waals surface area contributed by atoms with Crippen molar-refractivity contribution in [3.63, 3.8) is 0 Å². The van der Waals surface area contributed by atoms with Gasteiger partial charge in [-0.25, -0.2) is 9.13 Å². The first kappa shape index (κ1) is 99.1. The van der Waals surface area contributed by atoms with Crippen LogP contribution in [0.3, 0.4) is 0 Å². The molecule has 0 heterocycles. The smallest absolute Gasteiger partial charge is 0.462 e. The molecule has 0 bridgehead atoms. The van der Waals surface area contributed by atoms with Crippen molar-refractivity contribution in [2.45, 2.75) is 452 Å². The summed E-state index contributed by atoms with van der Waals surface area (Å²) in [5.41, 5.74) is 0. The van der Waals surface area contributed by atoms with Crippen molar-refractivity contribution in [3.8, 4) is 0 Å². The number of aliphatic hydroxyl groups excluding tert-OH is 1. The van der Waals surface area contributed by atoms with Crippen LogP contribution in [0, 0.1) is 11.8 Å². The first-order valence-electron chi connectivity index (χ1n) is 42.5. The van der Waals surface area contributed by atoms with Crippen LogP contribution in [0.1, 0.15) is 433 Å². The molecular weight excluding hydrogens is 1320 g/mol. The summed E-state index contributed by atoms with van der Waals surface area (Å²) in [5.74, 6) is -0.538. The second-order valence-corrected chi connectivity index (χ2v) is 33.4. The van der Waals surface area contributed by atoms with Crippen LogP contribution < -0.4 is 0 Å². The van der Waals surface area contributed by atoms with Gasteiger partial charge in [0.25, 0.3) is 0 Å². The fourth-order valence-corrected chi connectivity index (χ4v) is 14.3. The average molecular weight is 1480 g/mol. The standard InChI is InChI=1S/C82H160O17P2/c1-7-9-11-13-15-17-18-19-20-21-22-26-29-32-35-41-47-53-59-65-80(85)93-71-78(99-81(86)66-60-54-48-42-36-33-30-27-24-23-25-28-31-34-39-44-50-56-62-74(3)4)73-97-101(90,91)95-69-76(83)68-94-100(88,89)96-72-77(70-92-79(84)64-58-52-46-16-14-12-10-8-2)98-82(87)67-61-55-49-43-38-37-40-45-51-57-63-75(5)6/h74-78,83H,7-73H2,1-6H3,(H,88,89)(H,90,91)/t76-,77+,78+/m0/s1. The van der Waals surface area contributed by atoms with E-state index in [1.54, 1.807) is 0 Å². The van der Waals surface area contributed by atoms with E-state index in [4.69, 9.17) is 37.0 Å². The molecule has 600 valence electrons. The number of phosphoric ester groups is 2. The lowest BCUT2D eigenvalue weighted by molar-refractivity contribution is -0.161.